The van der Waals surface area contributed by atoms with E-state index in [0.717, 1.165) is 0 Å². The van der Waals surface area contributed by atoms with E-state index in [4.69, 9.17) is 11.5 Å². The minimum atomic E-state index is -1.06. The molecule has 0 radical (unpaired) electrons. The predicted molar refractivity (Wildman–Crippen MR) is 55.5 cm³/mol. The maximum atomic E-state index is 10.8. The molecule has 0 fully saturated rings. The van der Waals surface area contributed by atoms with Crippen LogP contribution in [0.4, 0.5) is 5.82 Å². The van der Waals surface area contributed by atoms with Crippen LogP contribution in [-0.4, -0.2) is 27.3 Å². The van der Waals surface area contributed by atoms with Crippen molar-refractivity contribution in [2.24, 2.45) is 0 Å². The van der Waals surface area contributed by atoms with Gasteiger partial charge < -0.3 is 10.4 Å². The number of nitrogens with one attached hydrogen (secondary N) is 1. The van der Waals surface area contributed by atoms with Crippen molar-refractivity contribution in [3.05, 3.63) is 17.8 Å². The molecule has 1 aromatic heterocycles. The fraction of sp³-hybridized carbons (Fsp3) is 0.300. The molecular weight excluding hydrogens is 194 g/mol. The van der Waals surface area contributed by atoms with Gasteiger partial charge in [-0.05, 0) is 12.5 Å². The lowest BCUT2D eigenvalue weighted by Crippen LogP contribution is -2.19. The lowest BCUT2D eigenvalue weighted by molar-refractivity contribution is 0.0697. The Balaban J connectivity index is 2.94. The Kier molecular flexibility index (Phi) is 3.63. The van der Waals surface area contributed by atoms with Crippen molar-refractivity contribution in [3.63, 3.8) is 0 Å². The first-order chi connectivity index (χ1) is 7.19. The molecule has 0 aliphatic carbocycles. The smallest absolute Gasteiger partial charge is 0.339 e. The van der Waals surface area contributed by atoms with Gasteiger partial charge in [-0.15, -0.1) is 11.5 Å². The summed E-state index contributed by atoms with van der Waals surface area (Å²) in [6.45, 7) is 1.90. The van der Waals surface area contributed by atoms with Gasteiger partial charge in [-0.3, -0.25) is 0 Å². The summed E-state index contributed by atoms with van der Waals surface area (Å²) in [6, 6.07) is 1.14. The standard InChI is InChI=1S/C10H11N3O2/c1-3-7(4-2)12-9-8(10(14)15)5-6-11-13-9/h1,5-7H,4H2,2H3,(H,12,13)(H,14,15). The van der Waals surface area contributed by atoms with Crippen molar-refractivity contribution in [2.75, 3.05) is 5.32 Å². The molecule has 5 heteroatoms. The topological polar surface area (TPSA) is 75.1 Å². The van der Waals surface area contributed by atoms with Crippen molar-refractivity contribution in [3.8, 4) is 12.3 Å². The fourth-order valence-corrected chi connectivity index (χ4v) is 1.04. The highest BCUT2D eigenvalue weighted by Crippen LogP contribution is 2.11. The minimum absolute atomic E-state index is 0.0682. The van der Waals surface area contributed by atoms with E-state index < -0.39 is 5.97 Å². The van der Waals surface area contributed by atoms with E-state index in [1.54, 1.807) is 0 Å². The number of nitrogens with zero attached hydrogens (tertiary/aromatic N) is 2. The Bertz CT molecular complexity index is 398. The number of carbonyl (C=O) groups is 1. The Morgan fingerprint density at radius 2 is 2.53 bits per heavy atom. The first-order valence-corrected chi connectivity index (χ1v) is 4.46. The van der Waals surface area contributed by atoms with Crippen LogP contribution in [0.25, 0.3) is 0 Å². The van der Waals surface area contributed by atoms with Gasteiger partial charge in [-0.2, -0.15) is 5.10 Å². The van der Waals surface area contributed by atoms with Crippen LogP contribution in [0.3, 0.4) is 0 Å². The van der Waals surface area contributed by atoms with E-state index in [1.807, 2.05) is 6.92 Å². The summed E-state index contributed by atoms with van der Waals surface area (Å²) in [5.41, 5.74) is 0.0682. The summed E-state index contributed by atoms with van der Waals surface area (Å²) >= 11 is 0. The lowest BCUT2D eigenvalue weighted by atomic mass is 10.2. The van der Waals surface area contributed by atoms with Gasteiger partial charge in [0, 0.05) is 0 Å². The highest BCUT2D eigenvalue weighted by atomic mass is 16.4. The summed E-state index contributed by atoms with van der Waals surface area (Å²) in [6.07, 6.45) is 7.26. The maximum absolute atomic E-state index is 10.8. The molecule has 1 aromatic rings. The van der Waals surface area contributed by atoms with E-state index in [9.17, 15) is 4.79 Å². The predicted octanol–water partition coefficient (Wildman–Crippen LogP) is 0.998. The molecule has 1 heterocycles. The van der Waals surface area contributed by atoms with Crippen LogP contribution in [0.2, 0.25) is 0 Å². The highest BCUT2D eigenvalue weighted by molar-refractivity contribution is 5.92. The number of rotatable bonds is 4. The van der Waals surface area contributed by atoms with Gasteiger partial charge in [-0.1, -0.05) is 12.8 Å². The number of carboxylic acids is 1. The number of hydrogen-bond donors (Lipinski definition) is 2. The second kappa shape index (κ2) is 4.96. The van der Waals surface area contributed by atoms with Gasteiger partial charge >= 0.3 is 5.97 Å². The van der Waals surface area contributed by atoms with Crippen LogP contribution in [0.15, 0.2) is 12.3 Å². The Morgan fingerprint density at radius 1 is 1.80 bits per heavy atom. The van der Waals surface area contributed by atoms with E-state index in [0.29, 0.717) is 6.42 Å². The van der Waals surface area contributed by atoms with Gasteiger partial charge in [0.25, 0.3) is 0 Å². The van der Waals surface area contributed by atoms with Crippen LogP contribution in [-0.2, 0) is 0 Å². The molecule has 0 saturated heterocycles. The summed E-state index contributed by atoms with van der Waals surface area (Å²) in [5, 5.41) is 19.0. The van der Waals surface area contributed by atoms with Crippen molar-refractivity contribution >= 4 is 11.8 Å². The first kappa shape index (κ1) is 11.0. The van der Waals surface area contributed by atoms with Crippen LogP contribution in [0.5, 0.6) is 0 Å². The van der Waals surface area contributed by atoms with E-state index >= 15 is 0 Å². The fourth-order valence-electron chi connectivity index (χ4n) is 1.04. The van der Waals surface area contributed by atoms with E-state index in [2.05, 4.69) is 21.4 Å². The molecule has 0 spiro atoms. The number of aromatic nitrogens is 2. The molecule has 0 amide bonds. The molecule has 78 valence electrons. The molecule has 0 aliphatic rings. The normalized spacial score (nSPS) is 11.5. The minimum Gasteiger partial charge on any atom is -0.478 e. The van der Waals surface area contributed by atoms with E-state index in [1.165, 1.54) is 12.3 Å². The van der Waals surface area contributed by atoms with Crippen molar-refractivity contribution in [1.29, 1.82) is 0 Å². The molecule has 0 saturated carbocycles. The molecule has 1 unspecified atom stereocenters. The Hall–Kier alpha value is -2.09. The SMILES string of the molecule is C#CC(CC)Nc1nnccc1C(=O)O. The zero-order valence-corrected chi connectivity index (χ0v) is 8.27. The third-order valence-electron chi connectivity index (χ3n) is 1.87. The summed E-state index contributed by atoms with van der Waals surface area (Å²) in [7, 11) is 0. The van der Waals surface area contributed by atoms with Crippen LogP contribution >= 0.6 is 0 Å². The number of carboxylic acid groups (broad SMARTS) is 1. The Labute approximate surface area is 87.5 Å². The second-order valence-corrected chi connectivity index (χ2v) is 2.87. The third-order valence-corrected chi connectivity index (χ3v) is 1.87. The van der Waals surface area contributed by atoms with Crippen molar-refractivity contribution in [2.45, 2.75) is 19.4 Å². The van der Waals surface area contributed by atoms with E-state index in [-0.39, 0.29) is 17.4 Å². The number of hydrogen-bond acceptors (Lipinski definition) is 4. The molecule has 0 bridgehead atoms. The average molecular weight is 205 g/mol. The Morgan fingerprint density at radius 3 is 3.07 bits per heavy atom. The number of terminal acetylenes is 1. The summed E-state index contributed by atoms with van der Waals surface area (Å²) < 4.78 is 0. The van der Waals surface area contributed by atoms with Gasteiger partial charge in [0.15, 0.2) is 5.82 Å². The zero-order chi connectivity index (χ0) is 11.3. The van der Waals surface area contributed by atoms with Crippen LogP contribution in [0, 0.1) is 12.3 Å². The van der Waals surface area contributed by atoms with Gasteiger partial charge in [0.2, 0.25) is 0 Å². The third kappa shape index (κ3) is 2.68. The molecule has 1 rings (SSSR count). The molecule has 15 heavy (non-hydrogen) atoms. The molecular formula is C10H11N3O2. The molecule has 5 nitrogen and oxygen atoms in total. The van der Waals surface area contributed by atoms with Gasteiger partial charge in [0.05, 0.1) is 12.2 Å². The molecule has 2 N–H and O–H groups in total. The van der Waals surface area contributed by atoms with Crippen molar-refractivity contribution < 1.29 is 9.90 Å². The lowest BCUT2D eigenvalue weighted by Gasteiger charge is -2.11. The number of anilines is 1. The molecule has 0 aromatic carbocycles. The monoisotopic (exact) mass is 205 g/mol. The van der Waals surface area contributed by atoms with Gasteiger partial charge in [-0.25, -0.2) is 4.79 Å². The van der Waals surface area contributed by atoms with Crippen molar-refractivity contribution in [1.82, 2.24) is 10.2 Å². The number of aromatic carboxylic acids is 1. The largest absolute Gasteiger partial charge is 0.478 e. The molecule has 1 atom stereocenters. The van der Waals surface area contributed by atoms with Crippen LogP contribution < -0.4 is 5.32 Å². The summed E-state index contributed by atoms with van der Waals surface area (Å²) in [4.78, 5) is 10.8. The molecule has 0 aliphatic heterocycles. The quantitative estimate of drug-likeness (QED) is 0.717. The average Bonchev–Trinajstić information content (AvgIpc) is 2.26. The van der Waals surface area contributed by atoms with Gasteiger partial charge in [0.1, 0.15) is 5.56 Å². The summed E-state index contributed by atoms with van der Waals surface area (Å²) in [5.74, 6) is 1.64. The zero-order valence-electron chi connectivity index (χ0n) is 8.27. The highest BCUT2D eigenvalue weighted by Gasteiger charge is 2.13. The maximum Gasteiger partial charge on any atom is 0.339 e. The first-order valence-electron chi connectivity index (χ1n) is 4.46. The van der Waals surface area contributed by atoms with Crippen LogP contribution in [0.1, 0.15) is 23.7 Å². The second-order valence-electron chi connectivity index (χ2n) is 2.87.